The lowest BCUT2D eigenvalue weighted by molar-refractivity contribution is 0.338. The molecule has 1 aliphatic heterocycles. The molecule has 0 aliphatic carbocycles. The van der Waals surface area contributed by atoms with Gasteiger partial charge in [-0.25, -0.2) is 4.68 Å². The molecule has 2 N–H and O–H groups in total. The van der Waals surface area contributed by atoms with Crippen molar-refractivity contribution in [3.8, 4) is 0 Å². The number of fused-ring (bicyclic) bond motifs is 1. The van der Waals surface area contributed by atoms with Crippen LogP contribution in [0.4, 0.5) is 5.95 Å². The van der Waals surface area contributed by atoms with Crippen molar-refractivity contribution >= 4 is 17.5 Å². The van der Waals surface area contributed by atoms with Crippen LogP contribution in [-0.2, 0) is 6.42 Å². The number of anilines is 1. The summed E-state index contributed by atoms with van der Waals surface area (Å²) in [5.41, 5.74) is 6.96. The number of rotatable bonds is 1. The number of halogens is 1. The SMILES string of the molecule is CC1C(c2ccc(Cl)cc2)CCc2nc(N)nn21. The molecule has 3 rings (SSSR count). The number of aromatic nitrogens is 3. The monoisotopic (exact) mass is 262 g/mol. The predicted molar refractivity (Wildman–Crippen MR) is 71.7 cm³/mol. The summed E-state index contributed by atoms with van der Waals surface area (Å²) in [6, 6.07) is 8.34. The van der Waals surface area contributed by atoms with Crippen molar-refractivity contribution in [2.24, 2.45) is 0 Å². The van der Waals surface area contributed by atoms with Crippen molar-refractivity contribution in [3.63, 3.8) is 0 Å². The molecule has 4 nitrogen and oxygen atoms in total. The maximum atomic E-state index is 5.93. The van der Waals surface area contributed by atoms with E-state index < -0.39 is 0 Å². The van der Waals surface area contributed by atoms with Crippen LogP contribution < -0.4 is 5.73 Å². The van der Waals surface area contributed by atoms with Gasteiger partial charge in [0.1, 0.15) is 5.82 Å². The molecule has 18 heavy (non-hydrogen) atoms. The molecule has 0 fully saturated rings. The number of hydrogen-bond donors (Lipinski definition) is 1. The minimum absolute atomic E-state index is 0.278. The average molecular weight is 263 g/mol. The molecule has 1 aromatic carbocycles. The second kappa shape index (κ2) is 4.28. The molecule has 1 aliphatic rings. The highest BCUT2D eigenvalue weighted by molar-refractivity contribution is 6.30. The van der Waals surface area contributed by atoms with E-state index >= 15 is 0 Å². The first kappa shape index (κ1) is 11.5. The average Bonchev–Trinajstić information content (AvgIpc) is 2.73. The van der Waals surface area contributed by atoms with Crippen LogP contribution in [0.25, 0.3) is 0 Å². The van der Waals surface area contributed by atoms with Gasteiger partial charge in [0.25, 0.3) is 0 Å². The Balaban J connectivity index is 1.94. The summed E-state index contributed by atoms with van der Waals surface area (Å²) in [6.45, 7) is 2.16. The van der Waals surface area contributed by atoms with Crippen LogP contribution in [0.15, 0.2) is 24.3 Å². The Bertz CT molecular complexity index is 561. The molecule has 0 radical (unpaired) electrons. The Hall–Kier alpha value is -1.55. The molecule has 94 valence electrons. The number of hydrogen-bond acceptors (Lipinski definition) is 3. The largest absolute Gasteiger partial charge is 0.366 e. The van der Waals surface area contributed by atoms with Crippen LogP contribution in [0.2, 0.25) is 5.02 Å². The highest BCUT2D eigenvalue weighted by Gasteiger charge is 2.29. The van der Waals surface area contributed by atoms with E-state index in [1.165, 1.54) is 5.56 Å². The molecule has 1 aromatic heterocycles. The highest BCUT2D eigenvalue weighted by Crippen LogP contribution is 2.37. The summed E-state index contributed by atoms with van der Waals surface area (Å²) in [4.78, 5) is 4.25. The molecule has 0 saturated heterocycles. The first-order valence-electron chi connectivity index (χ1n) is 6.11. The fraction of sp³-hybridized carbons (Fsp3) is 0.385. The third-order valence-electron chi connectivity index (χ3n) is 3.66. The number of benzene rings is 1. The minimum atomic E-state index is 0.278. The van der Waals surface area contributed by atoms with Gasteiger partial charge in [-0.2, -0.15) is 4.98 Å². The van der Waals surface area contributed by atoms with E-state index in [1.807, 2.05) is 16.8 Å². The Morgan fingerprint density at radius 2 is 2.06 bits per heavy atom. The molecule has 0 amide bonds. The van der Waals surface area contributed by atoms with E-state index in [1.54, 1.807) is 0 Å². The topological polar surface area (TPSA) is 56.7 Å². The molecule has 2 heterocycles. The van der Waals surface area contributed by atoms with E-state index in [9.17, 15) is 0 Å². The lowest BCUT2D eigenvalue weighted by Crippen LogP contribution is -2.24. The summed E-state index contributed by atoms with van der Waals surface area (Å²) in [6.07, 6.45) is 1.99. The second-order valence-electron chi connectivity index (χ2n) is 4.77. The summed E-state index contributed by atoms with van der Waals surface area (Å²) in [5.74, 6) is 1.80. The third-order valence-corrected chi connectivity index (χ3v) is 3.92. The molecule has 0 spiro atoms. The van der Waals surface area contributed by atoms with E-state index in [4.69, 9.17) is 17.3 Å². The van der Waals surface area contributed by atoms with Crippen molar-refractivity contribution in [2.75, 3.05) is 5.73 Å². The van der Waals surface area contributed by atoms with Crippen LogP contribution in [0.5, 0.6) is 0 Å². The zero-order valence-corrected chi connectivity index (χ0v) is 10.9. The minimum Gasteiger partial charge on any atom is -0.366 e. The molecule has 2 unspecified atom stereocenters. The summed E-state index contributed by atoms with van der Waals surface area (Å²) >= 11 is 5.93. The molecule has 5 heteroatoms. The second-order valence-corrected chi connectivity index (χ2v) is 5.20. The van der Waals surface area contributed by atoms with Crippen LogP contribution in [-0.4, -0.2) is 14.8 Å². The van der Waals surface area contributed by atoms with Gasteiger partial charge in [0.15, 0.2) is 0 Å². The van der Waals surface area contributed by atoms with Gasteiger partial charge in [-0.3, -0.25) is 0 Å². The standard InChI is InChI=1S/C13H15ClN4/c1-8-11(9-2-4-10(14)5-3-9)6-7-12-16-13(15)17-18(8)12/h2-5,8,11H,6-7H2,1H3,(H2,15,17). The maximum Gasteiger partial charge on any atom is 0.239 e. The molecule has 0 bridgehead atoms. The Morgan fingerprint density at radius 1 is 1.33 bits per heavy atom. The zero-order chi connectivity index (χ0) is 12.7. The number of nitrogen functional groups attached to an aromatic ring is 1. The van der Waals surface area contributed by atoms with Gasteiger partial charge in [-0.15, -0.1) is 5.10 Å². The normalized spacial score (nSPS) is 22.8. The fourth-order valence-electron chi connectivity index (χ4n) is 2.72. The molecular weight excluding hydrogens is 248 g/mol. The highest BCUT2D eigenvalue weighted by atomic mass is 35.5. The maximum absolute atomic E-state index is 5.93. The van der Waals surface area contributed by atoms with Gasteiger partial charge in [0.2, 0.25) is 5.95 Å². The van der Waals surface area contributed by atoms with Crippen LogP contribution in [0.1, 0.15) is 36.7 Å². The van der Waals surface area contributed by atoms with Crippen molar-refractivity contribution in [1.82, 2.24) is 14.8 Å². The van der Waals surface area contributed by atoms with Gasteiger partial charge in [-0.1, -0.05) is 23.7 Å². The van der Waals surface area contributed by atoms with Crippen LogP contribution in [0, 0.1) is 0 Å². The van der Waals surface area contributed by atoms with E-state index in [0.29, 0.717) is 11.9 Å². The molecule has 0 saturated carbocycles. The van der Waals surface area contributed by atoms with Gasteiger partial charge in [0, 0.05) is 17.4 Å². The lowest BCUT2D eigenvalue weighted by Gasteiger charge is -2.29. The summed E-state index contributed by atoms with van der Waals surface area (Å²) in [5, 5.41) is 5.05. The Kier molecular flexibility index (Phi) is 2.74. The number of aryl methyl sites for hydroxylation is 1. The van der Waals surface area contributed by atoms with Gasteiger partial charge < -0.3 is 5.73 Å². The summed E-state index contributed by atoms with van der Waals surface area (Å²) < 4.78 is 1.96. The van der Waals surface area contributed by atoms with E-state index in [-0.39, 0.29) is 6.04 Å². The first-order chi connectivity index (χ1) is 8.65. The van der Waals surface area contributed by atoms with E-state index in [2.05, 4.69) is 29.1 Å². The number of nitrogens with two attached hydrogens (primary N) is 1. The molecular formula is C13H15ClN4. The van der Waals surface area contributed by atoms with Crippen LogP contribution in [0.3, 0.4) is 0 Å². The Labute approximate surface area is 111 Å². The van der Waals surface area contributed by atoms with Crippen molar-refractivity contribution in [1.29, 1.82) is 0 Å². The zero-order valence-electron chi connectivity index (χ0n) is 10.2. The summed E-state index contributed by atoms with van der Waals surface area (Å²) in [7, 11) is 0. The van der Waals surface area contributed by atoms with Crippen molar-refractivity contribution in [3.05, 3.63) is 40.7 Å². The van der Waals surface area contributed by atoms with Gasteiger partial charge >= 0.3 is 0 Å². The van der Waals surface area contributed by atoms with Crippen molar-refractivity contribution in [2.45, 2.75) is 31.7 Å². The molecule has 2 aromatic rings. The molecule has 2 atom stereocenters. The predicted octanol–water partition coefficient (Wildman–Crippen LogP) is 2.80. The fourth-order valence-corrected chi connectivity index (χ4v) is 2.85. The van der Waals surface area contributed by atoms with E-state index in [0.717, 1.165) is 23.7 Å². The quantitative estimate of drug-likeness (QED) is 0.860. The first-order valence-corrected chi connectivity index (χ1v) is 6.49. The van der Waals surface area contributed by atoms with Crippen molar-refractivity contribution < 1.29 is 0 Å². The number of nitrogens with zero attached hydrogens (tertiary/aromatic N) is 3. The van der Waals surface area contributed by atoms with Crippen LogP contribution >= 0.6 is 11.6 Å². The van der Waals surface area contributed by atoms with Gasteiger partial charge in [0.05, 0.1) is 6.04 Å². The smallest absolute Gasteiger partial charge is 0.239 e. The Morgan fingerprint density at radius 3 is 2.78 bits per heavy atom. The van der Waals surface area contributed by atoms with Gasteiger partial charge in [-0.05, 0) is 31.0 Å². The third kappa shape index (κ3) is 1.86. The lowest BCUT2D eigenvalue weighted by atomic mass is 9.86.